The van der Waals surface area contributed by atoms with E-state index in [1.165, 1.54) is 0 Å². The van der Waals surface area contributed by atoms with Gasteiger partial charge in [-0.05, 0) is 87.1 Å². The number of hydrogen-bond acceptors (Lipinski definition) is 7. The van der Waals surface area contributed by atoms with Crippen molar-refractivity contribution in [2.75, 3.05) is 21.7 Å². The van der Waals surface area contributed by atoms with Crippen LogP contribution in [0.2, 0.25) is 0 Å². The van der Waals surface area contributed by atoms with Crippen LogP contribution in [-0.2, 0) is 20.8 Å². The predicted octanol–water partition coefficient (Wildman–Crippen LogP) is 7.18. The van der Waals surface area contributed by atoms with Crippen molar-refractivity contribution in [3.05, 3.63) is 95.8 Å². The molecule has 3 amide bonds. The number of para-hydroxylation sites is 2. The fourth-order valence-corrected chi connectivity index (χ4v) is 8.85. The molecule has 3 N–H and O–H groups in total. The van der Waals surface area contributed by atoms with Crippen LogP contribution in [0.5, 0.6) is 0 Å². The van der Waals surface area contributed by atoms with Crippen molar-refractivity contribution >= 4 is 34.8 Å². The molecule has 1 aliphatic carbocycles. The Bertz CT molecular complexity index is 1950. The van der Waals surface area contributed by atoms with Gasteiger partial charge in [0.25, 0.3) is 0 Å². The highest BCUT2D eigenvalue weighted by molar-refractivity contribution is 5.96. The van der Waals surface area contributed by atoms with Crippen molar-refractivity contribution in [1.82, 2.24) is 25.6 Å². The van der Waals surface area contributed by atoms with E-state index in [0.29, 0.717) is 25.8 Å². The monoisotopic (exact) mass is 730 g/mol. The van der Waals surface area contributed by atoms with Gasteiger partial charge in [0.1, 0.15) is 0 Å². The molecule has 1 fully saturated rings. The molecule has 1 saturated carbocycles. The first-order chi connectivity index (χ1) is 26.2. The van der Waals surface area contributed by atoms with Gasteiger partial charge in [0.2, 0.25) is 17.7 Å². The lowest BCUT2D eigenvalue weighted by Gasteiger charge is -2.45. The van der Waals surface area contributed by atoms with Gasteiger partial charge >= 0.3 is 0 Å². The number of nitrogens with zero attached hydrogens (tertiary/aromatic N) is 5. The van der Waals surface area contributed by atoms with Gasteiger partial charge in [-0.1, -0.05) is 74.7 Å². The molecule has 54 heavy (non-hydrogen) atoms. The van der Waals surface area contributed by atoms with Crippen LogP contribution in [0.25, 0.3) is 5.69 Å². The van der Waals surface area contributed by atoms with E-state index in [2.05, 4.69) is 64.4 Å². The Morgan fingerprint density at radius 1 is 0.759 bits per heavy atom. The number of anilines is 3. The number of rotatable bonds is 11. The Balaban J connectivity index is 0.972. The molecule has 4 aromatic rings. The third kappa shape index (κ3) is 7.51. The molecule has 11 nitrogen and oxygen atoms in total. The highest BCUT2D eigenvalue weighted by atomic mass is 16.2. The minimum Gasteiger partial charge on any atom is -0.378 e. The SMILES string of the molecule is CCC(=O)N1c2ccccc2[C@H](Nc2ccc(-n3cc(CCNC(=O)C4(N[C@@H]5C[C@H](C)N(C(=O)CC)c6ccccc65)CCCCC4)nn3)cc2)C[C@@H]1C. The normalized spacial score (nSPS) is 21.9. The average molecular weight is 731 g/mol. The van der Waals surface area contributed by atoms with E-state index in [-0.39, 0.29) is 41.9 Å². The number of carbonyl (C=O) groups excluding carboxylic acids is 3. The molecule has 0 unspecified atom stereocenters. The number of benzene rings is 3. The third-order valence-corrected chi connectivity index (χ3v) is 11.6. The molecular formula is C43H54N8O3. The minimum atomic E-state index is -0.663. The van der Waals surface area contributed by atoms with E-state index in [1.807, 2.05) is 78.4 Å². The molecule has 3 heterocycles. The lowest BCUT2D eigenvalue weighted by molar-refractivity contribution is -0.129. The number of amides is 3. The lowest BCUT2D eigenvalue weighted by Crippen LogP contribution is -2.60. The Morgan fingerprint density at radius 3 is 1.94 bits per heavy atom. The fourth-order valence-electron chi connectivity index (χ4n) is 8.85. The maximum atomic E-state index is 14.0. The molecule has 7 rings (SSSR count). The zero-order chi connectivity index (χ0) is 37.8. The molecule has 4 atom stereocenters. The van der Waals surface area contributed by atoms with Crippen molar-refractivity contribution in [2.24, 2.45) is 0 Å². The van der Waals surface area contributed by atoms with Crippen LogP contribution < -0.4 is 25.8 Å². The van der Waals surface area contributed by atoms with E-state index in [0.717, 1.165) is 84.5 Å². The number of nitrogens with one attached hydrogen (secondary N) is 3. The summed E-state index contributed by atoms with van der Waals surface area (Å²) in [5.41, 5.74) is 6.17. The molecule has 1 aromatic heterocycles. The van der Waals surface area contributed by atoms with Crippen molar-refractivity contribution in [1.29, 1.82) is 0 Å². The fraction of sp³-hybridized carbons (Fsp3) is 0.465. The van der Waals surface area contributed by atoms with Crippen LogP contribution >= 0.6 is 0 Å². The van der Waals surface area contributed by atoms with Gasteiger partial charge in [0, 0.05) is 61.0 Å². The summed E-state index contributed by atoms with van der Waals surface area (Å²) in [6.07, 6.45) is 9.69. The number of fused-ring (bicyclic) bond motifs is 2. The summed E-state index contributed by atoms with van der Waals surface area (Å²) in [5, 5.41) is 19.6. The first-order valence-corrected chi connectivity index (χ1v) is 19.9. The zero-order valence-electron chi connectivity index (χ0n) is 32.1. The summed E-state index contributed by atoms with van der Waals surface area (Å²) >= 11 is 0. The van der Waals surface area contributed by atoms with Crippen LogP contribution in [0.4, 0.5) is 17.1 Å². The first-order valence-electron chi connectivity index (χ1n) is 19.9. The van der Waals surface area contributed by atoms with E-state index in [4.69, 9.17) is 0 Å². The van der Waals surface area contributed by atoms with Gasteiger partial charge in [0.05, 0.1) is 29.2 Å². The maximum absolute atomic E-state index is 14.0. The summed E-state index contributed by atoms with van der Waals surface area (Å²) < 4.78 is 1.77. The van der Waals surface area contributed by atoms with Crippen molar-refractivity contribution in [3.63, 3.8) is 0 Å². The molecule has 2 aliphatic heterocycles. The molecule has 0 radical (unpaired) electrons. The maximum Gasteiger partial charge on any atom is 0.240 e. The standard InChI is InChI=1S/C43H54N8O3/c1-5-40(52)50-29(3)26-36(34-14-8-10-16-38(34)50)45-31-18-20-33(21-19-31)49-28-32(47-48-49)22-25-44-42(54)43(23-12-7-13-24-43)46-37-27-30(4)51(41(53)6-2)39-17-11-9-15-35(37)39/h8-11,14-21,28-30,36-37,45-46H,5-7,12-13,22-27H2,1-4H3,(H,44,54)/t29-,30-,36+,37+/m0/s1. The van der Waals surface area contributed by atoms with E-state index in [1.54, 1.807) is 4.68 Å². The molecule has 3 aromatic carbocycles. The molecular weight excluding hydrogens is 677 g/mol. The van der Waals surface area contributed by atoms with E-state index in [9.17, 15) is 14.4 Å². The molecule has 0 bridgehead atoms. The van der Waals surface area contributed by atoms with Crippen LogP contribution in [0.15, 0.2) is 79.0 Å². The summed E-state index contributed by atoms with van der Waals surface area (Å²) in [6.45, 7) is 8.50. The second kappa shape index (κ2) is 16.1. The van der Waals surface area contributed by atoms with Gasteiger partial charge in [-0.25, -0.2) is 4.68 Å². The number of aromatic nitrogens is 3. The topological polar surface area (TPSA) is 124 Å². The van der Waals surface area contributed by atoms with Crippen LogP contribution in [-0.4, -0.2) is 56.9 Å². The average Bonchev–Trinajstić information content (AvgIpc) is 3.67. The predicted molar refractivity (Wildman–Crippen MR) is 213 cm³/mol. The van der Waals surface area contributed by atoms with Crippen LogP contribution in [0.1, 0.15) is 114 Å². The zero-order valence-corrected chi connectivity index (χ0v) is 32.1. The quantitative estimate of drug-likeness (QED) is 0.149. The highest BCUT2D eigenvalue weighted by Gasteiger charge is 2.43. The van der Waals surface area contributed by atoms with Gasteiger partial charge < -0.3 is 20.4 Å². The van der Waals surface area contributed by atoms with Gasteiger partial charge in [-0.2, -0.15) is 0 Å². The van der Waals surface area contributed by atoms with Crippen LogP contribution in [0.3, 0.4) is 0 Å². The van der Waals surface area contributed by atoms with Crippen molar-refractivity contribution < 1.29 is 14.4 Å². The Hall–Kier alpha value is -5.03. The van der Waals surface area contributed by atoms with E-state index >= 15 is 0 Å². The van der Waals surface area contributed by atoms with Crippen molar-refractivity contribution in [3.8, 4) is 5.69 Å². The summed E-state index contributed by atoms with van der Waals surface area (Å²) in [6, 6.07) is 24.6. The molecule has 284 valence electrons. The second-order valence-corrected chi connectivity index (χ2v) is 15.3. The highest BCUT2D eigenvalue weighted by Crippen LogP contribution is 2.41. The number of carbonyl (C=O) groups is 3. The summed E-state index contributed by atoms with van der Waals surface area (Å²) in [4.78, 5) is 43.6. The van der Waals surface area contributed by atoms with E-state index < -0.39 is 5.54 Å². The minimum absolute atomic E-state index is 0.0219. The van der Waals surface area contributed by atoms with Crippen LogP contribution in [0, 0.1) is 0 Å². The largest absolute Gasteiger partial charge is 0.378 e. The summed E-state index contributed by atoms with van der Waals surface area (Å²) in [7, 11) is 0. The Labute approximate surface area is 318 Å². The third-order valence-electron chi connectivity index (χ3n) is 11.6. The second-order valence-electron chi connectivity index (χ2n) is 15.3. The van der Waals surface area contributed by atoms with Gasteiger partial charge in [-0.15, -0.1) is 5.10 Å². The van der Waals surface area contributed by atoms with Gasteiger partial charge in [-0.3, -0.25) is 19.7 Å². The Morgan fingerprint density at radius 2 is 1.33 bits per heavy atom. The Kier molecular flexibility index (Phi) is 11.1. The number of hydrogen-bond donors (Lipinski definition) is 3. The molecule has 0 saturated heterocycles. The molecule has 0 spiro atoms. The molecule has 11 heteroatoms. The first kappa shape index (κ1) is 37.3. The van der Waals surface area contributed by atoms with Gasteiger partial charge in [0.15, 0.2) is 0 Å². The smallest absolute Gasteiger partial charge is 0.240 e. The lowest BCUT2D eigenvalue weighted by atomic mass is 9.78. The summed E-state index contributed by atoms with van der Waals surface area (Å²) in [5.74, 6) is 0.308. The molecule has 3 aliphatic rings. The van der Waals surface area contributed by atoms with Crippen molar-refractivity contribution in [2.45, 2.75) is 122 Å².